The number of aromatic carboxylic acids is 2. The third kappa shape index (κ3) is 3.44. The average Bonchev–Trinajstić information content (AvgIpc) is 2.29. The van der Waals surface area contributed by atoms with Crippen LogP contribution in [0.4, 0.5) is 5.69 Å². The number of carboxylic acid groups (broad SMARTS) is 2. The van der Waals surface area contributed by atoms with Crippen LogP contribution in [-0.4, -0.2) is 34.7 Å². The summed E-state index contributed by atoms with van der Waals surface area (Å²) >= 11 is 0. The number of carboxylic acids is 2. The van der Waals surface area contributed by atoms with Crippen LogP contribution in [0.15, 0.2) is 12.1 Å². The van der Waals surface area contributed by atoms with Crippen molar-refractivity contribution in [1.29, 1.82) is 0 Å². The maximum absolute atomic E-state index is 11.0. The highest BCUT2D eigenvalue weighted by Gasteiger charge is 2.20. The van der Waals surface area contributed by atoms with E-state index in [0.29, 0.717) is 0 Å². The van der Waals surface area contributed by atoms with E-state index in [1.165, 1.54) is 6.92 Å². The number of carbonyl (C=O) groups is 3. The number of benzene rings is 1. The third-order valence-corrected chi connectivity index (χ3v) is 2.19. The van der Waals surface area contributed by atoms with Crippen molar-refractivity contribution in [1.82, 2.24) is 0 Å². The lowest BCUT2D eigenvalue weighted by Crippen LogP contribution is -2.13. The predicted molar refractivity (Wildman–Crippen MR) is 65.8 cm³/mol. The number of hydrogen-bond donors (Lipinski definition) is 3. The predicted octanol–water partition coefficient (Wildman–Crippen LogP) is 1.44. The fraction of sp³-hybridized carbons (Fsp3) is 0.250. The van der Waals surface area contributed by atoms with Crippen LogP contribution in [0.1, 0.15) is 34.6 Å². The van der Waals surface area contributed by atoms with E-state index < -0.39 is 29.0 Å². The summed E-state index contributed by atoms with van der Waals surface area (Å²) in [5, 5.41) is 20.4. The van der Waals surface area contributed by atoms with E-state index >= 15 is 0 Å². The number of hydrogen-bond acceptors (Lipinski definition) is 4. The van der Waals surface area contributed by atoms with Gasteiger partial charge in [-0.15, -0.1) is 0 Å². The summed E-state index contributed by atoms with van der Waals surface area (Å²) in [6.07, 6.45) is 0. The number of amides is 1. The molecule has 0 heterocycles. The SMILES string of the molecule is CCOc1cc(C(=O)O)c(C(=O)O)cc1NC(C)=O. The van der Waals surface area contributed by atoms with Crippen molar-refractivity contribution in [2.24, 2.45) is 0 Å². The maximum Gasteiger partial charge on any atom is 0.336 e. The fourth-order valence-corrected chi connectivity index (χ4v) is 1.50. The van der Waals surface area contributed by atoms with Crippen LogP contribution in [0, 0.1) is 0 Å². The van der Waals surface area contributed by atoms with E-state index in [9.17, 15) is 14.4 Å². The highest BCUT2D eigenvalue weighted by atomic mass is 16.5. The highest BCUT2D eigenvalue weighted by molar-refractivity contribution is 6.04. The van der Waals surface area contributed by atoms with E-state index in [0.717, 1.165) is 12.1 Å². The van der Waals surface area contributed by atoms with Gasteiger partial charge in [0, 0.05) is 6.92 Å². The highest BCUT2D eigenvalue weighted by Crippen LogP contribution is 2.29. The van der Waals surface area contributed by atoms with Gasteiger partial charge in [-0.05, 0) is 19.1 Å². The topological polar surface area (TPSA) is 113 Å². The van der Waals surface area contributed by atoms with Gasteiger partial charge in [-0.1, -0.05) is 0 Å². The van der Waals surface area contributed by atoms with Gasteiger partial charge < -0.3 is 20.3 Å². The number of rotatable bonds is 5. The van der Waals surface area contributed by atoms with Crippen LogP contribution in [0.3, 0.4) is 0 Å². The van der Waals surface area contributed by atoms with Crippen LogP contribution in [0.25, 0.3) is 0 Å². The summed E-state index contributed by atoms with van der Waals surface area (Å²) < 4.78 is 5.19. The lowest BCUT2D eigenvalue weighted by Gasteiger charge is -2.13. The van der Waals surface area contributed by atoms with Gasteiger partial charge >= 0.3 is 11.9 Å². The Morgan fingerprint density at radius 2 is 1.68 bits per heavy atom. The van der Waals surface area contributed by atoms with Crippen LogP contribution in [0.5, 0.6) is 5.75 Å². The Kier molecular flexibility index (Phi) is 4.46. The van der Waals surface area contributed by atoms with Crippen LogP contribution in [-0.2, 0) is 4.79 Å². The van der Waals surface area contributed by atoms with Gasteiger partial charge in [0.1, 0.15) is 5.75 Å². The molecule has 1 aromatic carbocycles. The zero-order valence-electron chi connectivity index (χ0n) is 10.4. The number of ether oxygens (including phenoxy) is 1. The summed E-state index contributed by atoms with van der Waals surface area (Å²) in [5.74, 6) is -3.08. The molecular formula is C12H13NO6. The first-order valence-electron chi connectivity index (χ1n) is 5.41. The molecule has 3 N–H and O–H groups in total. The fourth-order valence-electron chi connectivity index (χ4n) is 1.50. The molecule has 102 valence electrons. The minimum atomic E-state index is -1.40. The Labute approximate surface area is 108 Å². The number of anilines is 1. The standard InChI is InChI=1S/C12H13NO6/c1-3-19-10-5-8(12(17)18)7(11(15)16)4-9(10)13-6(2)14/h4-5H,3H2,1-2H3,(H,13,14)(H,15,16)(H,17,18). The molecule has 0 fully saturated rings. The second-order valence-corrected chi connectivity index (χ2v) is 3.62. The second kappa shape index (κ2) is 5.85. The Hall–Kier alpha value is -2.57. The molecule has 0 aliphatic rings. The van der Waals surface area contributed by atoms with Crippen molar-refractivity contribution in [3.05, 3.63) is 23.3 Å². The van der Waals surface area contributed by atoms with Crippen molar-refractivity contribution >= 4 is 23.5 Å². The van der Waals surface area contributed by atoms with E-state index in [4.69, 9.17) is 14.9 Å². The molecule has 0 radical (unpaired) electrons. The Morgan fingerprint density at radius 1 is 1.16 bits per heavy atom. The van der Waals surface area contributed by atoms with E-state index in [2.05, 4.69) is 5.32 Å². The first-order chi connectivity index (χ1) is 8.86. The Morgan fingerprint density at radius 3 is 2.11 bits per heavy atom. The zero-order valence-corrected chi connectivity index (χ0v) is 10.4. The van der Waals surface area contributed by atoms with Gasteiger partial charge in [0.2, 0.25) is 5.91 Å². The van der Waals surface area contributed by atoms with E-state index in [-0.39, 0.29) is 18.0 Å². The molecule has 0 bridgehead atoms. The van der Waals surface area contributed by atoms with Crippen molar-refractivity contribution in [2.45, 2.75) is 13.8 Å². The van der Waals surface area contributed by atoms with Gasteiger partial charge in [0.05, 0.1) is 23.4 Å². The molecular weight excluding hydrogens is 254 g/mol. The van der Waals surface area contributed by atoms with Crippen molar-refractivity contribution in [2.75, 3.05) is 11.9 Å². The normalized spacial score (nSPS) is 9.79. The van der Waals surface area contributed by atoms with E-state index in [1.807, 2.05) is 0 Å². The summed E-state index contributed by atoms with van der Waals surface area (Å²) in [7, 11) is 0. The molecule has 19 heavy (non-hydrogen) atoms. The first kappa shape index (κ1) is 14.5. The molecule has 1 rings (SSSR count). The average molecular weight is 267 g/mol. The van der Waals surface area contributed by atoms with E-state index in [1.54, 1.807) is 6.92 Å². The first-order valence-corrected chi connectivity index (χ1v) is 5.41. The largest absolute Gasteiger partial charge is 0.492 e. The van der Waals surface area contributed by atoms with Crippen LogP contribution in [0.2, 0.25) is 0 Å². The molecule has 0 saturated heterocycles. The molecule has 0 spiro atoms. The summed E-state index contributed by atoms with van der Waals surface area (Å²) in [5.41, 5.74) is -0.693. The smallest absolute Gasteiger partial charge is 0.336 e. The van der Waals surface area contributed by atoms with Crippen molar-refractivity contribution in [3.63, 3.8) is 0 Å². The lowest BCUT2D eigenvalue weighted by molar-refractivity contribution is -0.114. The molecule has 0 atom stereocenters. The summed E-state index contributed by atoms with van der Waals surface area (Å²) in [6, 6.07) is 2.15. The molecule has 1 aromatic rings. The molecule has 0 unspecified atom stereocenters. The van der Waals surface area contributed by atoms with Crippen LogP contribution >= 0.6 is 0 Å². The molecule has 0 aliphatic carbocycles. The monoisotopic (exact) mass is 267 g/mol. The summed E-state index contributed by atoms with van der Waals surface area (Å²) in [4.78, 5) is 33.1. The Bertz CT molecular complexity index is 537. The van der Waals surface area contributed by atoms with Gasteiger partial charge in [0.15, 0.2) is 0 Å². The zero-order chi connectivity index (χ0) is 14.6. The third-order valence-electron chi connectivity index (χ3n) is 2.19. The lowest BCUT2D eigenvalue weighted by atomic mass is 10.1. The minimum absolute atomic E-state index is 0.111. The van der Waals surface area contributed by atoms with Gasteiger partial charge in [-0.3, -0.25) is 4.79 Å². The van der Waals surface area contributed by atoms with Crippen molar-refractivity contribution < 1.29 is 29.3 Å². The Balaban J connectivity index is 3.44. The maximum atomic E-state index is 11.0. The van der Waals surface area contributed by atoms with Gasteiger partial charge in [-0.2, -0.15) is 0 Å². The second-order valence-electron chi connectivity index (χ2n) is 3.62. The minimum Gasteiger partial charge on any atom is -0.492 e. The van der Waals surface area contributed by atoms with Crippen LogP contribution < -0.4 is 10.1 Å². The molecule has 0 aromatic heterocycles. The molecule has 0 aliphatic heterocycles. The van der Waals surface area contributed by atoms with Gasteiger partial charge in [-0.25, -0.2) is 9.59 Å². The number of nitrogens with one attached hydrogen (secondary N) is 1. The number of carbonyl (C=O) groups excluding carboxylic acids is 1. The molecule has 7 nitrogen and oxygen atoms in total. The quantitative estimate of drug-likeness (QED) is 0.744. The molecule has 1 amide bonds. The summed E-state index contributed by atoms with van der Waals surface area (Å²) in [6.45, 7) is 3.18. The van der Waals surface area contributed by atoms with Gasteiger partial charge in [0.25, 0.3) is 0 Å². The van der Waals surface area contributed by atoms with Crippen molar-refractivity contribution in [3.8, 4) is 5.75 Å². The molecule has 0 saturated carbocycles. The molecule has 7 heteroatoms.